The van der Waals surface area contributed by atoms with Crippen molar-refractivity contribution in [1.29, 1.82) is 0 Å². The van der Waals surface area contributed by atoms with E-state index in [1.54, 1.807) is 0 Å². The first-order chi connectivity index (χ1) is 36.6. The van der Waals surface area contributed by atoms with E-state index in [0.29, 0.717) is 30.7 Å². The summed E-state index contributed by atoms with van der Waals surface area (Å²) < 4.78 is 44.5. The highest BCUT2D eigenvalue weighted by Gasteiger charge is 2.52. The van der Waals surface area contributed by atoms with Gasteiger partial charge in [0.25, 0.3) is 11.8 Å². The zero-order valence-electron chi connectivity index (χ0n) is 42.5. The van der Waals surface area contributed by atoms with Gasteiger partial charge in [0.1, 0.15) is 109 Å². The molecule has 0 bridgehead atoms. The van der Waals surface area contributed by atoms with Gasteiger partial charge >= 0.3 is 5.97 Å². The average molecular weight is 1120 g/mol. The van der Waals surface area contributed by atoms with Gasteiger partial charge in [0.05, 0.1) is 58.8 Å². The van der Waals surface area contributed by atoms with Gasteiger partial charge in [-0.25, -0.2) is 4.79 Å². The normalized spacial score (nSPS) is 36.8. The average Bonchev–Trinajstić information content (AvgIpc) is 3.72. The van der Waals surface area contributed by atoms with Crippen LogP contribution in [0, 0.1) is 0 Å². The third-order valence-corrected chi connectivity index (χ3v) is 13.6. The van der Waals surface area contributed by atoms with Crippen LogP contribution in [0.25, 0.3) is 0 Å². The molecular formula is C47H76N2O28. The first-order valence-electron chi connectivity index (χ1n) is 25.7. The lowest BCUT2D eigenvalue weighted by Gasteiger charge is -2.46. The van der Waals surface area contributed by atoms with Crippen molar-refractivity contribution in [2.24, 2.45) is 0 Å². The third kappa shape index (κ3) is 18.1. The van der Waals surface area contributed by atoms with Crippen molar-refractivity contribution >= 4 is 35.1 Å². The van der Waals surface area contributed by atoms with E-state index in [-0.39, 0.29) is 95.8 Å². The van der Waals surface area contributed by atoms with Crippen molar-refractivity contribution in [2.45, 2.75) is 207 Å². The molecule has 0 aliphatic carbocycles. The van der Waals surface area contributed by atoms with Crippen LogP contribution in [-0.2, 0) is 71.5 Å². The Hall–Kier alpha value is -3.26. The molecule has 2 amide bonds. The molecule has 5 fully saturated rings. The minimum absolute atomic E-state index is 0.0395. The van der Waals surface area contributed by atoms with E-state index < -0.39 is 166 Å². The van der Waals surface area contributed by atoms with Gasteiger partial charge < -0.3 is 109 Å². The van der Waals surface area contributed by atoms with Gasteiger partial charge in [-0.15, -0.1) is 5.06 Å². The summed E-state index contributed by atoms with van der Waals surface area (Å²) in [6, 6.07) is 0. The predicted molar refractivity (Wildman–Crippen MR) is 248 cm³/mol. The molecule has 0 unspecified atom stereocenters. The van der Waals surface area contributed by atoms with Gasteiger partial charge in [-0.3, -0.25) is 28.9 Å². The lowest BCUT2D eigenvalue weighted by molar-refractivity contribution is -0.366. The predicted octanol–water partition coefficient (Wildman–Crippen LogP) is -7.19. The molecule has 442 valence electrons. The van der Waals surface area contributed by atoms with Crippen LogP contribution in [0.3, 0.4) is 0 Å². The van der Waals surface area contributed by atoms with Gasteiger partial charge in [0.2, 0.25) is 0 Å². The summed E-state index contributed by atoms with van der Waals surface area (Å²) >= 11 is 0. The molecular weight excluding hydrogens is 1040 g/mol. The number of ether oxygens (including phenoxy) is 8. The van der Waals surface area contributed by atoms with E-state index in [2.05, 4.69) is 0 Å². The van der Waals surface area contributed by atoms with Crippen molar-refractivity contribution in [3.05, 3.63) is 0 Å². The molecule has 30 nitrogen and oxygen atoms in total. The number of hydroxylamine groups is 2. The van der Waals surface area contributed by atoms with Crippen LogP contribution in [0.1, 0.15) is 84.0 Å². The van der Waals surface area contributed by atoms with Crippen LogP contribution >= 0.6 is 0 Å². The highest BCUT2D eigenvalue weighted by atomic mass is 16.8. The summed E-state index contributed by atoms with van der Waals surface area (Å²) in [6.45, 7) is -2.30. The number of Topliss-reactive ketones (excluding diaryl/α,β-unsaturated/α-hetero) is 3. The second kappa shape index (κ2) is 31.1. The Morgan fingerprint density at radius 1 is 0.494 bits per heavy atom. The van der Waals surface area contributed by atoms with Crippen molar-refractivity contribution < 1.29 is 138 Å². The monoisotopic (exact) mass is 1120 g/mol. The fourth-order valence-electron chi connectivity index (χ4n) is 9.06. The lowest BCUT2D eigenvalue weighted by Crippen LogP contribution is -2.65. The number of ketones is 3. The Morgan fingerprint density at radius 2 is 0.922 bits per heavy atom. The van der Waals surface area contributed by atoms with Crippen molar-refractivity contribution in [1.82, 2.24) is 9.96 Å². The van der Waals surface area contributed by atoms with Crippen LogP contribution in [0.4, 0.5) is 0 Å². The summed E-state index contributed by atoms with van der Waals surface area (Å²) in [7, 11) is 0. The van der Waals surface area contributed by atoms with Gasteiger partial charge in [0, 0.05) is 38.5 Å². The summed E-state index contributed by atoms with van der Waals surface area (Å²) in [5, 5.41) is 135. The molecule has 5 saturated heterocycles. The zero-order chi connectivity index (χ0) is 56.7. The molecule has 0 radical (unpaired) electrons. The number of hydrogen-bond acceptors (Lipinski definition) is 29. The number of aliphatic hydroxyl groups is 13. The number of unbranched alkanes of at least 4 members (excludes halogenated alkanes) is 3. The maximum Gasteiger partial charge on any atom is 0.333 e. The number of aliphatic hydroxyl groups excluding tert-OH is 13. The van der Waals surface area contributed by atoms with E-state index in [1.165, 1.54) is 11.8 Å². The van der Waals surface area contributed by atoms with Crippen molar-refractivity contribution in [2.75, 3.05) is 52.7 Å². The molecule has 77 heavy (non-hydrogen) atoms. The summed E-state index contributed by atoms with van der Waals surface area (Å²) in [5.74, 6) is -3.09. The van der Waals surface area contributed by atoms with Gasteiger partial charge in [0.15, 0.2) is 25.2 Å². The number of carbonyl (C=O) groups excluding carboxylic acids is 6. The topological polar surface area (TPSA) is 455 Å². The van der Waals surface area contributed by atoms with Crippen LogP contribution < -0.4 is 0 Å². The van der Waals surface area contributed by atoms with E-state index in [0.717, 1.165) is 0 Å². The number of carbonyl (C=O) groups is 6. The zero-order valence-corrected chi connectivity index (χ0v) is 42.5. The molecule has 20 atom stereocenters. The maximum absolute atomic E-state index is 13.4. The number of rotatable bonds is 31. The molecule has 5 heterocycles. The van der Waals surface area contributed by atoms with E-state index in [4.69, 9.17) is 42.7 Å². The Balaban J connectivity index is 1.15. The molecule has 0 aromatic rings. The molecule has 13 N–H and O–H groups in total. The first-order valence-corrected chi connectivity index (χ1v) is 25.7. The summed E-state index contributed by atoms with van der Waals surface area (Å²) in [6.07, 6.45) is -31.5. The Kier molecular flexibility index (Phi) is 26.1. The highest BCUT2D eigenvalue weighted by molar-refractivity contribution is 6.01. The number of imide groups is 1. The van der Waals surface area contributed by atoms with Gasteiger partial charge in [-0.2, -0.15) is 0 Å². The molecule has 0 spiro atoms. The second-order valence-electron chi connectivity index (χ2n) is 19.7. The van der Waals surface area contributed by atoms with Gasteiger partial charge in [-0.1, -0.05) is 12.8 Å². The largest absolute Gasteiger partial charge is 0.394 e. The van der Waals surface area contributed by atoms with Crippen LogP contribution in [0.2, 0.25) is 0 Å². The molecule has 5 aliphatic heterocycles. The fraction of sp³-hybridized carbons (Fsp3) is 0.872. The molecule has 0 aromatic heterocycles. The second-order valence-corrected chi connectivity index (χ2v) is 19.7. The molecule has 0 aromatic carbocycles. The molecule has 5 rings (SSSR count). The minimum Gasteiger partial charge on any atom is -0.394 e. The Labute approximate surface area is 441 Å². The fourth-order valence-corrected chi connectivity index (χ4v) is 9.06. The molecule has 5 aliphatic rings. The number of hydrogen-bond donors (Lipinski definition) is 13. The van der Waals surface area contributed by atoms with Crippen LogP contribution in [0.5, 0.6) is 0 Å². The van der Waals surface area contributed by atoms with E-state index >= 15 is 0 Å². The SMILES string of the molecule is C[C@@H]1O[C@@H](OCCCC(=O)CN(CC(=O)CCCCCCC(=O)ON2C(=O)CCC2=O)CC(=O)CCCO[C@@H]2O[C@H](CO[C@H]3O[C@H](CO)[C@@H](O)[C@H](O)[C@@H]3O)[C@@H](O)[C@H](O[C@H]3O[C@H](CO)[C@@H](O)[C@H](O)[C@@H]3O)[C@@H]2O)[C@@H](O)[C@H](O)[C@@H]1O. The molecule has 0 saturated carbocycles. The Morgan fingerprint density at radius 3 is 1.44 bits per heavy atom. The lowest BCUT2D eigenvalue weighted by atomic mass is 9.96. The maximum atomic E-state index is 13.4. The summed E-state index contributed by atoms with van der Waals surface area (Å²) in [5.41, 5.74) is 0. The number of nitrogens with zero attached hydrogens (tertiary/aromatic N) is 2. The van der Waals surface area contributed by atoms with E-state index in [9.17, 15) is 95.2 Å². The Bertz CT molecular complexity index is 1880. The smallest absolute Gasteiger partial charge is 0.333 e. The highest BCUT2D eigenvalue weighted by Crippen LogP contribution is 2.31. The van der Waals surface area contributed by atoms with Gasteiger partial charge in [-0.05, 0) is 32.6 Å². The number of amides is 2. The third-order valence-electron chi connectivity index (χ3n) is 13.6. The summed E-state index contributed by atoms with van der Waals surface area (Å²) in [4.78, 5) is 81.6. The van der Waals surface area contributed by atoms with Crippen LogP contribution in [-0.4, -0.2) is 287 Å². The quantitative estimate of drug-likeness (QED) is 0.0227. The van der Waals surface area contributed by atoms with Crippen LogP contribution in [0.15, 0.2) is 0 Å². The minimum atomic E-state index is -1.98. The standard InChI is InChI=1S/C47H76N2O28/c1-22-32(58)36(62)39(65)44(72-22)69-14-6-9-24(53)17-48(16-23(52)8-4-2-3-5-11-31(57)77-49-29(55)12-13-30(49)56)18-25(54)10-7-15-70-46-42(68)43(76-47-41(67)38(64)34(60)27(20-51)74-47)35(61)28(75-46)21-71-45-40(66)37(63)33(59)26(19-50)73-45/h22,26-28,32-47,50-51,58-68H,2-21H2,1H3/t22-,26+,27+,28+,32+,33+,34+,35+,36+,37-,38-,39-,40-,41-,42-,43-,44+,45-,46+,47+/m0/s1. The van der Waals surface area contributed by atoms with Crippen molar-refractivity contribution in [3.8, 4) is 0 Å². The van der Waals surface area contributed by atoms with Crippen molar-refractivity contribution in [3.63, 3.8) is 0 Å². The first kappa shape index (κ1) is 64.6. The van der Waals surface area contributed by atoms with E-state index in [1.807, 2.05) is 0 Å². The molecule has 30 heteroatoms.